The number of fused-ring (bicyclic) bond motifs is 1. The minimum Gasteiger partial charge on any atom is -0.348 e. The number of rotatable bonds is 3. The standard InChI is InChI=1S/C18H17F2IN6O/c1-22-18(28)26(21)17-10-23-15-6-7-16(24-27(15)17)25-8-2-3-14(25)12-9-11(19)4-5-13(12)20/h4-7,9-10,14H,2-3,8H2,1H3,(H,22,28). The highest BCUT2D eigenvalue weighted by atomic mass is 127. The van der Waals surface area contributed by atoms with Crippen LogP contribution in [-0.4, -0.2) is 34.2 Å². The van der Waals surface area contributed by atoms with E-state index in [9.17, 15) is 13.6 Å². The second-order valence-corrected chi connectivity index (χ2v) is 7.40. The Morgan fingerprint density at radius 2 is 2.14 bits per heavy atom. The highest BCUT2D eigenvalue weighted by molar-refractivity contribution is 14.1. The van der Waals surface area contributed by atoms with Gasteiger partial charge in [0.1, 0.15) is 17.5 Å². The van der Waals surface area contributed by atoms with Crippen molar-refractivity contribution in [1.82, 2.24) is 19.9 Å². The molecular weight excluding hydrogens is 481 g/mol. The van der Waals surface area contributed by atoms with Crippen LogP contribution >= 0.6 is 22.9 Å². The number of halogens is 3. The Balaban J connectivity index is 1.74. The minimum absolute atomic E-state index is 0.303. The van der Waals surface area contributed by atoms with Gasteiger partial charge in [0.05, 0.1) is 35.1 Å². The largest absolute Gasteiger partial charge is 0.348 e. The van der Waals surface area contributed by atoms with Crippen LogP contribution in [0.3, 0.4) is 0 Å². The smallest absolute Gasteiger partial charge is 0.331 e. The first-order chi connectivity index (χ1) is 13.5. The van der Waals surface area contributed by atoms with Crippen LogP contribution in [0.25, 0.3) is 5.65 Å². The number of nitrogens with one attached hydrogen (secondary N) is 1. The molecule has 2 amide bonds. The molecule has 0 bridgehead atoms. The van der Waals surface area contributed by atoms with E-state index in [-0.39, 0.29) is 12.1 Å². The summed E-state index contributed by atoms with van der Waals surface area (Å²) in [5, 5.41) is 7.17. The van der Waals surface area contributed by atoms with E-state index >= 15 is 0 Å². The maximum absolute atomic E-state index is 14.3. The van der Waals surface area contributed by atoms with E-state index in [2.05, 4.69) is 15.4 Å². The molecule has 1 aliphatic rings. The van der Waals surface area contributed by atoms with Crippen molar-refractivity contribution in [3.8, 4) is 0 Å². The van der Waals surface area contributed by atoms with E-state index in [1.54, 1.807) is 29.9 Å². The van der Waals surface area contributed by atoms with Crippen molar-refractivity contribution in [3.05, 3.63) is 53.7 Å². The van der Waals surface area contributed by atoms with Gasteiger partial charge in [-0.3, -0.25) is 0 Å². The summed E-state index contributed by atoms with van der Waals surface area (Å²) in [5.74, 6) is 0.208. The van der Waals surface area contributed by atoms with Gasteiger partial charge in [0.15, 0.2) is 11.5 Å². The lowest BCUT2D eigenvalue weighted by atomic mass is 10.0. The van der Waals surface area contributed by atoms with E-state index in [0.29, 0.717) is 35.8 Å². The third-order valence-corrected chi connectivity index (χ3v) is 5.72. The van der Waals surface area contributed by atoms with Crippen LogP contribution in [0, 0.1) is 11.6 Å². The van der Waals surface area contributed by atoms with Gasteiger partial charge >= 0.3 is 6.03 Å². The van der Waals surface area contributed by atoms with Gasteiger partial charge in [-0.15, -0.1) is 5.10 Å². The Morgan fingerprint density at radius 3 is 2.93 bits per heavy atom. The van der Waals surface area contributed by atoms with Gasteiger partial charge in [-0.25, -0.2) is 21.7 Å². The molecule has 1 saturated heterocycles. The summed E-state index contributed by atoms with van der Waals surface area (Å²) in [7, 11) is 1.54. The summed E-state index contributed by atoms with van der Waals surface area (Å²) in [4.78, 5) is 18.2. The van der Waals surface area contributed by atoms with Gasteiger partial charge in [-0.1, -0.05) is 0 Å². The van der Waals surface area contributed by atoms with Crippen molar-refractivity contribution in [1.29, 1.82) is 0 Å². The van der Waals surface area contributed by atoms with E-state index in [4.69, 9.17) is 0 Å². The molecule has 0 aliphatic carbocycles. The lowest BCUT2D eigenvalue weighted by Gasteiger charge is -2.26. The van der Waals surface area contributed by atoms with Crippen LogP contribution in [0.4, 0.5) is 25.2 Å². The molecule has 7 nitrogen and oxygen atoms in total. The molecule has 1 fully saturated rings. The number of amides is 2. The van der Waals surface area contributed by atoms with E-state index < -0.39 is 11.6 Å². The monoisotopic (exact) mass is 498 g/mol. The number of carbonyl (C=O) groups is 1. The normalized spacial score (nSPS) is 16.6. The number of hydrogen-bond acceptors (Lipinski definition) is 4. The van der Waals surface area contributed by atoms with Crippen molar-refractivity contribution in [2.24, 2.45) is 0 Å². The maximum Gasteiger partial charge on any atom is 0.331 e. The topological polar surface area (TPSA) is 65.8 Å². The zero-order valence-electron chi connectivity index (χ0n) is 14.9. The molecule has 10 heteroatoms. The number of carbonyl (C=O) groups excluding carboxylic acids is 1. The van der Waals surface area contributed by atoms with Crippen LogP contribution < -0.4 is 13.3 Å². The molecule has 4 rings (SSSR count). The quantitative estimate of drug-likeness (QED) is 0.441. The zero-order chi connectivity index (χ0) is 19.8. The van der Waals surface area contributed by atoms with Crippen LogP contribution in [0.5, 0.6) is 0 Å². The lowest BCUT2D eigenvalue weighted by molar-refractivity contribution is 0.252. The second kappa shape index (κ2) is 7.49. The Kier molecular flexibility index (Phi) is 5.04. The first-order valence-electron chi connectivity index (χ1n) is 8.73. The van der Waals surface area contributed by atoms with Crippen LogP contribution in [0.2, 0.25) is 0 Å². The number of anilines is 2. The number of imidazole rings is 1. The summed E-state index contributed by atoms with van der Waals surface area (Å²) in [5.41, 5.74) is 0.906. The Bertz CT molecular complexity index is 1040. The summed E-state index contributed by atoms with van der Waals surface area (Å²) in [6.45, 7) is 0.673. The highest BCUT2D eigenvalue weighted by Gasteiger charge is 2.30. The van der Waals surface area contributed by atoms with E-state index in [0.717, 1.165) is 18.6 Å². The summed E-state index contributed by atoms with van der Waals surface area (Å²) in [6.07, 6.45) is 3.10. The Hall–Kier alpha value is -2.50. The third-order valence-electron chi connectivity index (χ3n) is 4.79. The number of nitrogens with zero attached hydrogens (tertiary/aromatic N) is 5. The van der Waals surface area contributed by atoms with Gasteiger partial charge in [-0.2, -0.15) is 4.52 Å². The molecule has 3 heterocycles. The minimum atomic E-state index is -0.463. The van der Waals surface area contributed by atoms with Crippen molar-refractivity contribution in [2.75, 3.05) is 21.6 Å². The van der Waals surface area contributed by atoms with Gasteiger partial charge in [0.25, 0.3) is 0 Å². The average molecular weight is 498 g/mol. The Labute approximate surface area is 173 Å². The molecule has 1 N–H and O–H groups in total. The van der Waals surface area contributed by atoms with E-state index in [1.807, 2.05) is 27.8 Å². The third kappa shape index (κ3) is 3.25. The van der Waals surface area contributed by atoms with Crippen LogP contribution in [0.15, 0.2) is 36.5 Å². The van der Waals surface area contributed by atoms with Gasteiger partial charge in [-0.05, 0) is 43.2 Å². The fourth-order valence-corrected chi connectivity index (χ4v) is 4.05. The van der Waals surface area contributed by atoms with Crippen molar-refractivity contribution in [2.45, 2.75) is 18.9 Å². The lowest BCUT2D eigenvalue weighted by Crippen LogP contribution is -2.31. The molecule has 1 aromatic carbocycles. The molecule has 0 spiro atoms. The molecular formula is C18H17F2IN6O. The molecule has 146 valence electrons. The Morgan fingerprint density at radius 1 is 1.32 bits per heavy atom. The number of urea groups is 1. The van der Waals surface area contributed by atoms with Gasteiger partial charge in [0, 0.05) is 19.2 Å². The molecule has 3 aromatic rings. The maximum atomic E-state index is 14.3. The molecule has 28 heavy (non-hydrogen) atoms. The second-order valence-electron chi connectivity index (χ2n) is 6.43. The van der Waals surface area contributed by atoms with Crippen molar-refractivity contribution >= 4 is 46.2 Å². The molecule has 0 saturated carbocycles. The number of aromatic nitrogens is 3. The molecule has 1 aliphatic heterocycles. The van der Waals surface area contributed by atoms with Crippen molar-refractivity contribution < 1.29 is 13.6 Å². The zero-order valence-corrected chi connectivity index (χ0v) is 17.1. The first kappa shape index (κ1) is 18.8. The number of hydrogen-bond donors (Lipinski definition) is 1. The fourth-order valence-electron chi connectivity index (χ4n) is 3.48. The SMILES string of the molecule is CNC(=O)N(I)c1cnc2ccc(N3CCCC3c3cc(F)ccc3F)nn12. The first-order valence-corrected chi connectivity index (χ1v) is 9.70. The van der Waals surface area contributed by atoms with Crippen molar-refractivity contribution in [3.63, 3.8) is 0 Å². The molecule has 2 aromatic heterocycles. The molecule has 1 unspecified atom stereocenters. The molecule has 0 radical (unpaired) electrons. The van der Waals surface area contributed by atoms with Gasteiger partial charge in [0.2, 0.25) is 0 Å². The predicted molar refractivity (Wildman–Crippen MR) is 110 cm³/mol. The predicted octanol–water partition coefficient (Wildman–Crippen LogP) is 3.84. The van der Waals surface area contributed by atoms with Crippen LogP contribution in [0.1, 0.15) is 24.4 Å². The summed E-state index contributed by atoms with van der Waals surface area (Å²) in [6, 6.07) is 6.50. The summed E-state index contributed by atoms with van der Waals surface area (Å²) < 4.78 is 31.0. The average Bonchev–Trinajstić information content (AvgIpc) is 3.35. The summed E-state index contributed by atoms with van der Waals surface area (Å²) >= 11 is 1.88. The highest BCUT2D eigenvalue weighted by Crippen LogP contribution is 2.37. The van der Waals surface area contributed by atoms with Crippen LogP contribution in [-0.2, 0) is 0 Å². The fraction of sp³-hybridized carbons (Fsp3) is 0.278. The number of benzene rings is 1. The van der Waals surface area contributed by atoms with E-state index in [1.165, 1.54) is 9.18 Å². The van der Waals surface area contributed by atoms with Gasteiger partial charge < -0.3 is 10.2 Å². The molecule has 1 atom stereocenters.